The third-order valence-corrected chi connectivity index (χ3v) is 6.46. The van der Waals surface area contributed by atoms with Crippen LogP contribution in [0, 0.1) is 17.0 Å². The van der Waals surface area contributed by atoms with Gasteiger partial charge in [0.1, 0.15) is 12.4 Å². The molecule has 4 aromatic rings. The SMILES string of the molecule is CCCCc1nc2ccc(Br)cc2c(=O)n1N=Cc1cc(OCC)c(OCc2cccc(C)c2)c([N+](=O)[O-])c1. The Balaban J connectivity index is 1.76. The molecule has 9 nitrogen and oxygen atoms in total. The summed E-state index contributed by atoms with van der Waals surface area (Å²) < 4.78 is 13.6. The van der Waals surface area contributed by atoms with Gasteiger partial charge in [-0.25, -0.2) is 4.98 Å². The van der Waals surface area contributed by atoms with E-state index in [1.165, 1.54) is 17.0 Å². The Bertz CT molecular complexity index is 1600. The Labute approximate surface area is 234 Å². The van der Waals surface area contributed by atoms with Gasteiger partial charge in [-0.1, -0.05) is 59.1 Å². The minimum atomic E-state index is -0.514. The number of hydrogen-bond donors (Lipinski definition) is 0. The van der Waals surface area contributed by atoms with E-state index in [-0.39, 0.29) is 36.0 Å². The average molecular weight is 593 g/mol. The molecular weight excluding hydrogens is 564 g/mol. The molecule has 0 fully saturated rings. The van der Waals surface area contributed by atoms with E-state index in [4.69, 9.17) is 9.47 Å². The minimum absolute atomic E-state index is 0.0403. The molecule has 1 heterocycles. The van der Waals surface area contributed by atoms with Crippen molar-refractivity contribution < 1.29 is 14.4 Å². The Morgan fingerprint density at radius 3 is 2.67 bits per heavy atom. The number of fused-ring (bicyclic) bond motifs is 1. The highest BCUT2D eigenvalue weighted by Gasteiger charge is 2.23. The number of nitro benzene ring substituents is 1. The van der Waals surface area contributed by atoms with Gasteiger partial charge in [-0.3, -0.25) is 14.9 Å². The number of benzene rings is 3. The van der Waals surface area contributed by atoms with Crippen LogP contribution in [0.4, 0.5) is 5.69 Å². The molecule has 0 aliphatic heterocycles. The maximum absolute atomic E-state index is 13.4. The quantitative estimate of drug-likeness (QED) is 0.110. The number of ether oxygens (including phenoxy) is 2. The Hall–Kier alpha value is -4.05. The third kappa shape index (κ3) is 6.69. The third-order valence-electron chi connectivity index (χ3n) is 5.97. The fourth-order valence-corrected chi connectivity index (χ4v) is 4.48. The van der Waals surface area contributed by atoms with Gasteiger partial charge in [0.15, 0.2) is 5.75 Å². The highest BCUT2D eigenvalue weighted by Crippen LogP contribution is 2.39. The van der Waals surface area contributed by atoms with Crippen LogP contribution in [0.5, 0.6) is 11.5 Å². The molecule has 0 radical (unpaired) electrons. The van der Waals surface area contributed by atoms with Crippen LogP contribution in [-0.4, -0.2) is 27.4 Å². The summed E-state index contributed by atoms with van der Waals surface area (Å²) in [7, 11) is 0. The lowest BCUT2D eigenvalue weighted by Crippen LogP contribution is -2.22. The molecule has 4 rings (SSSR count). The largest absolute Gasteiger partial charge is 0.490 e. The highest BCUT2D eigenvalue weighted by atomic mass is 79.9. The number of rotatable bonds is 11. The van der Waals surface area contributed by atoms with Gasteiger partial charge >= 0.3 is 5.69 Å². The second-order valence-corrected chi connectivity index (χ2v) is 9.91. The normalized spacial score (nSPS) is 11.3. The van der Waals surface area contributed by atoms with Crippen molar-refractivity contribution >= 4 is 38.7 Å². The van der Waals surface area contributed by atoms with Crippen LogP contribution in [0.15, 0.2) is 69.0 Å². The van der Waals surface area contributed by atoms with Gasteiger partial charge in [-0.2, -0.15) is 9.78 Å². The molecule has 0 unspecified atom stereocenters. The number of aryl methyl sites for hydroxylation is 2. The van der Waals surface area contributed by atoms with Crippen molar-refractivity contribution in [3.63, 3.8) is 0 Å². The van der Waals surface area contributed by atoms with Crippen LogP contribution < -0.4 is 15.0 Å². The minimum Gasteiger partial charge on any atom is -0.490 e. The first-order chi connectivity index (χ1) is 18.8. The molecule has 39 heavy (non-hydrogen) atoms. The molecular formula is C29H29BrN4O5. The molecule has 0 saturated heterocycles. The Morgan fingerprint density at radius 2 is 1.95 bits per heavy atom. The molecule has 0 bridgehead atoms. The smallest absolute Gasteiger partial charge is 0.315 e. The summed E-state index contributed by atoms with van der Waals surface area (Å²) in [6.07, 6.45) is 3.72. The van der Waals surface area contributed by atoms with Crippen molar-refractivity contribution in [3.8, 4) is 11.5 Å². The molecule has 0 N–H and O–H groups in total. The lowest BCUT2D eigenvalue weighted by Gasteiger charge is -2.13. The molecule has 0 atom stereocenters. The first-order valence-corrected chi connectivity index (χ1v) is 13.5. The predicted molar refractivity (Wildman–Crippen MR) is 155 cm³/mol. The van der Waals surface area contributed by atoms with E-state index in [1.807, 2.05) is 37.3 Å². The summed E-state index contributed by atoms with van der Waals surface area (Å²) in [5, 5.41) is 16.9. The molecule has 0 saturated carbocycles. The van der Waals surface area contributed by atoms with Crippen LogP contribution in [-0.2, 0) is 13.0 Å². The number of unbranched alkanes of at least 4 members (excludes halogenated alkanes) is 1. The van der Waals surface area contributed by atoms with Crippen molar-refractivity contribution in [3.05, 3.63) is 102 Å². The van der Waals surface area contributed by atoms with Crippen LogP contribution in [0.25, 0.3) is 10.9 Å². The number of nitro groups is 1. The van der Waals surface area contributed by atoms with Crippen LogP contribution >= 0.6 is 15.9 Å². The summed E-state index contributed by atoms with van der Waals surface area (Å²) in [5.74, 6) is 0.781. The van der Waals surface area contributed by atoms with E-state index in [1.54, 1.807) is 25.1 Å². The van der Waals surface area contributed by atoms with Crippen molar-refractivity contribution in [1.29, 1.82) is 0 Å². The highest BCUT2D eigenvalue weighted by molar-refractivity contribution is 9.10. The summed E-state index contributed by atoms with van der Waals surface area (Å²) in [5.41, 5.74) is 2.34. The van der Waals surface area contributed by atoms with Gasteiger partial charge in [-0.15, -0.1) is 0 Å². The van der Waals surface area contributed by atoms with Gasteiger partial charge < -0.3 is 9.47 Å². The standard InChI is InChI=1S/C29H29BrN4O5/c1-4-6-10-27-32-24-12-11-22(30)16-23(24)29(35)33(27)31-17-21-14-25(34(36)37)28(26(15-21)38-5-2)39-18-20-9-7-8-19(3)13-20/h7-9,11-17H,4-6,10,18H2,1-3H3. The Kier molecular flexibility index (Phi) is 9.08. The molecule has 10 heteroatoms. The van der Waals surface area contributed by atoms with Crippen LogP contribution in [0.2, 0.25) is 0 Å². The first-order valence-electron chi connectivity index (χ1n) is 12.7. The van der Waals surface area contributed by atoms with Gasteiger partial charge in [0, 0.05) is 22.5 Å². The van der Waals surface area contributed by atoms with Crippen molar-refractivity contribution in [2.24, 2.45) is 5.10 Å². The fourth-order valence-electron chi connectivity index (χ4n) is 4.12. The lowest BCUT2D eigenvalue weighted by molar-refractivity contribution is -0.386. The molecule has 0 aliphatic carbocycles. The van der Waals surface area contributed by atoms with E-state index >= 15 is 0 Å². The van der Waals surface area contributed by atoms with Gasteiger partial charge in [0.25, 0.3) is 5.56 Å². The van der Waals surface area contributed by atoms with Crippen molar-refractivity contribution in [2.45, 2.75) is 46.6 Å². The van der Waals surface area contributed by atoms with Gasteiger partial charge in [-0.05, 0) is 50.1 Å². The van der Waals surface area contributed by atoms with Crippen LogP contribution in [0.3, 0.4) is 0 Å². The molecule has 0 spiro atoms. The molecule has 1 aromatic heterocycles. The van der Waals surface area contributed by atoms with E-state index in [2.05, 4.69) is 32.9 Å². The van der Waals surface area contributed by atoms with Gasteiger partial charge in [0.05, 0.1) is 28.6 Å². The van der Waals surface area contributed by atoms with Crippen molar-refractivity contribution in [1.82, 2.24) is 9.66 Å². The van der Waals surface area contributed by atoms with E-state index in [0.717, 1.165) is 28.4 Å². The maximum Gasteiger partial charge on any atom is 0.315 e. The summed E-state index contributed by atoms with van der Waals surface area (Å²) in [6, 6.07) is 16.0. The zero-order valence-electron chi connectivity index (χ0n) is 22.0. The van der Waals surface area contributed by atoms with E-state index < -0.39 is 4.92 Å². The van der Waals surface area contributed by atoms with E-state index in [9.17, 15) is 14.9 Å². The topological polar surface area (TPSA) is 109 Å². The Morgan fingerprint density at radius 1 is 1.13 bits per heavy atom. The fraction of sp³-hybridized carbons (Fsp3) is 0.276. The monoisotopic (exact) mass is 592 g/mol. The van der Waals surface area contributed by atoms with E-state index in [0.29, 0.717) is 28.7 Å². The average Bonchev–Trinajstić information content (AvgIpc) is 2.91. The second-order valence-electron chi connectivity index (χ2n) is 8.99. The van der Waals surface area contributed by atoms with Crippen molar-refractivity contribution in [2.75, 3.05) is 6.61 Å². The molecule has 202 valence electrons. The summed E-state index contributed by atoms with van der Waals surface area (Å²) in [4.78, 5) is 29.5. The zero-order chi connectivity index (χ0) is 27.9. The number of aromatic nitrogens is 2. The second kappa shape index (κ2) is 12.7. The first kappa shape index (κ1) is 28.0. The molecule has 3 aromatic carbocycles. The number of hydrogen-bond acceptors (Lipinski definition) is 7. The summed E-state index contributed by atoms with van der Waals surface area (Å²) >= 11 is 3.41. The molecule has 0 aliphatic rings. The number of nitrogens with zero attached hydrogens (tertiary/aromatic N) is 4. The van der Waals surface area contributed by atoms with Gasteiger partial charge in [0.2, 0.25) is 5.75 Å². The van der Waals surface area contributed by atoms with Crippen LogP contribution in [0.1, 0.15) is 49.2 Å². The molecule has 0 amide bonds. The number of halogens is 1. The maximum atomic E-state index is 13.4. The lowest BCUT2D eigenvalue weighted by atomic mass is 10.1. The zero-order valence-corrected chi connectivity index (χ0v) is 23.6. The predicted octanol–water partition coefficient (Wildman–Crippen LogP) is 6.58. The summed E-state index contributed by atoms with van der Waals surface area (Å²) in [6.45, 7) is 6.23.